The summed E-state index contributed by atoms with van der Waals surface area (Å²) in [4.78, 5) is 36.9. The van der Waals surface area contributed by atoms with E-state index in [4.69, 9.17) is 4.98 Å². The van der Waals surface area contributed by atoms with Gasteiger partial charge in [-0.2, -0.15) is 5.26 Å². The molecule has 3 aromatic heterocycles. The van der Waals surface area contributed by atoms with Crippen LogP contribution in [0.2, 0.25) is 0 Å². The maximum Gasteiger partial charge on any atom is 0.263 e. The normalized spacial score (nSPS) is 17.4. The number of fused-ring (bicyclic) bond motifs is 4. The molecule has 3 heterocycles. The van der Waals surface area contributed by atoms with Crippen molar-refractivity contribution in [1.29, 1.82) is 5.26 Å². The lowest BCUT2D eigenvalue weighted by Gasteiger charge is -2.18. The van der Waals surface area contributed by atoms with Gasteiger partial charge in [-0.15, -0.1) is 22.7 Å². The van der Waals surface area contributed by atoms with Gasteiger partial charge in [-0.25, -0.2) is 4.98 Å². The van der Waals surface area contributed by atoms with Gasteiger partial charge in [0.2, 0.25) is 5.91 Å². The Labute approximate surface area is 207 Å². The Hall–Kier alpha value is -2.54. The summed E-state index contributed by atoms with van der Waals surface area (Å²) in [7, 11) is 3.86. The second-order valence-electron chi connectivity index (χ2n) is 9.76. The molecule has 1 unspecified atom stereocenters. The predicted molar refractivity (Wildman–Crippen MR) is 137 cm³/mol. The highest BCUT2D eigenvalue weighted by Crippen LogP contribution is 2.38. The number of nitrogens with zero attached hydrogens (tertiary/aromatic N) is 4. The quantitative estimate of drug-likeness (QED) is 0.576. The van der Waals surface area contributed by atoms with Crippen LogP contribution >= 0.6 is 22.7 Å². The number of aromatic nitrogens is 2. The van der Waals surface area contributed by atoms with Crippen LogP contribution in [-0.4, -0.2) is 34.5 Å². The lowest BCUT2D eigenvalue weighted by atomic mass is 9.89. The smallest absolute Gasteiger partial charge is 0.263 e. The highest BCUT2D eigenvalue weighted by Gasteiger charge is 2.26. The second kappa shape index (κ2) is 9.25. The second-order valence-corrected chi connectivity index (χ2v) is 12.0. The van der Waals surface area contributed by atoms with Crippen LogP contribution in [0.15, 0.2) is 4.79 Å². The molecule has 5 rings (SSSR count). The van der Waals surface area contributed by atoms with Crippen molar-refractivity contribution in [3.05, 3.63) is 42.6 Å². The molecule has 2 aliphatic carbocycles. The summed E-state index contributed by atoms with van der Waals surface area (Å²) in [5, 5.41) is 14.0. The Kier molecular flexibility index (Phi) is 6.32. The van der Waals surface area contributed by atoms with E-state index >= 15 is 0 Å². The van der Waals surface area contributed by atoms with E-state index < -0.39 is 0 Å². The molecule has 0 aliphatic heterocycles. The summed E-state index contributed by atoms with van der Waals surface area (Å²) >= 11 is 3.13. The Morgan fingerprint density at radius 2 is 2.00 bits per heavy atom. The van der Waals surface area contributed by atoms with E-state index in [1.54, 1.807) is 11.3 Å². The van der Waals surface area contributed by atoms with Crippen molar-refractivity contribution in [1.82, 2.24) is 14.5 Å². The molecule has 2 aliphatic rings. The molecule has 0 aromatic carbocycles. The van der Waals surface area contributed by atoms with Gasteiger partial charge in [-0.05, 0) is 76.1 Å². The van der Waals surface area contributed by atoms with Gasteiger partial charge in [0.25, 0.3) is 5.56 Å². The highest BCUT2D eigenvalue weighted by atomic mass is 32.1. The number of hydrogen-bond donors (Lipinski definition) is 1. The number of hydrogen-bond acceptors (Lipinski definition) is 7. The van der Waals surface area contributed by atoms with E-state index in [9.17, 15) is 14.9 Å². The van der Waals surface area contributed by atoms with E-state index in [-0.39, 0.29) is 18.0 Å². The number of rotatable bonds is 5. The van der Waals surface area contributed by atoms with Gasteiger partial charge < -0.3 is 10.2 Å². The summed E-state index contributed by atoms with van der Waals surface area (Å²) in [5.74, 6) is 0.909. The zero-order valence-electron chi connectivity index (χ0n) is 19.9. The minimum atomic E-state index is -0.295. The van der Waals surface area contributed by atoms with Gasteiger partial charge in [0.15, 0.2) is 0 Å². The molecule has 3 aromatic rings. The standard InChI is InChI=1S/C25H29N5O2S2/c1-14-8-9-16-19(10-14)34-24-22(16)25(32)30(20(27-24)12-29(2)3)13-21(31)28-23-17(11-26)15-6-4-5-7-18(15)33-23/h14H,4-10,12-13H2,1-3H3,(H,28,31). The molecule has 178 valence electrons. The van der Waals surface area contributed by atoms with E-state index in [2.05, 4.69) is 18.3 Å². The fraction of sp³-hybridized carbons (Fsp3) is 0.520. The third kappa shape index (κ3) is 4.19. The molecule has 1 atom stereocenters. The van der Waals surface area contributed by atoms with Crippen molar-refractivity contribution >= 4 is 43.8 Å². The minimum Gasteiger partial charge on any atom is -0.315 e. The SMILES string of the molecule is CC1CCc2c(sc3nc(CN(C)C)n(CC(=O)Nc4sc5c(c4C#N)CCCC5)c(=O)c23)C1. The lowest BCUT2D eigenvalue weighted by molar-refractivity contribution is -0.116. The molecule has 0 bridgehead atoms. The molecular formula is C25H29N5O2S2. The van der Waals surface area contributed by atoms with Crippen LogP contribution in [0.1, 0.15) is 58.5 Å². The third-order valence-electron chi connectivity index (χ3n) is 6.79. The molecule has 0 saturated carbocycles. The maximum absolute atomic E-state index is 13.7. The molecule has 9 heteroatoms. The Balaban J connectivity index is 1.51. The van der Waals surface area contributed by atoms with E-state index in [0.717, 1.165) is 60.9 Å². The van der Waals surface area contributed by atoms with E-state index in [1.165, 1.54) is 25.7 Å². The minimum absolute atomic E-state index is 0.112. The number of anilines is 1. The monoisotopic (exact) mass is 495 g/mol. The molecule has 0 saturated heterocycles. The summed E-state index contributed by atoms with van der Waals surface area (Å²) in [6.45, 7) is 2.60. The van der Waals surface area contributed by atoms with Gasteiger partial charge in [-0.1, -0.05) is 6.92 Å². The largest absolute Gasteiger partial charge is 0.315 e. The van der Waals surface area contributed by atoms with Gasteiger partial charge in [0, 0.05) is 9.75 Å². The fourth-order valence-electron chi connectivity index (χ4n) is 5.11. The topological polar surface area (TPSA) is 91.0 Å². The first-order valence-electron chi connectivity index (χ1n) is 11.9. The number of amides is 1. The fourth-order valence-corrected chi connectivity index (χ4v) is 7.76. The van der Waals surface area contributed by atoms with Crippen LogP contribution in [0.4, 0.5) is 5.00 Å². The van der Waals surface area contributed by atoms with Crippen LogP contribution in [-0.2, 0) is 43.6 Å². The molecule has 34 heavy (non-hydrogen) atoms. The summed E-state index contributed by atoms with van der Waals surface area (Å²) in [6, 6.07) is 2.29. The van der Waals surface area contributed by atoms with E-state index in [1.807, 2.05) is 19.0 Å². The molecule has 7 nitrogen and oxygen atoms in total. The van der Waals surface area contributed by atoms with Crippen LogP contribution in [0, 0.1) is 17.2 Å². The van der Waals surface area contributed by atoms with Gasteiger partial charge in [0.1, 0.15) is 28.3 Å². The van der Waals surface area contributed by atoms with Gasteiger partial charge >= 0.3 is 0 Å². The first kappa shape index (κ1) is 23.2. The zero-order chi connectivity index (χ0) is 24.0. The van der Waals surface area contributed by atoms with Crippen molar-refractivity contribution in [3.63, 3.8) is 0 Å². The number of thiophene rings is 2. The molecule has 0 spiro atoms. The molecule has 0 fully saturated rings. The number of carbonyl (C=O) groups is 1. The predicted octanol–water partition coefficient (Wildman–Crippen LogP) is 4.10. The number of aryl methyl sites for hydroxylation is 2. The highest BCUT2D eigenvalue weighted by molar-refractivity contribution is 7.18. The van der Waals surface area contributed by atoms with E-state index in [0.29, 0.717) is 34.2 Å². The first-order valence-corrected chi connectivity index (χ1v) is 13.5. The summed E-state index contributed by atoms with van der Waals surface area (Å²) in [5.41, 5.74) is 2.67. The molecular weight excluding hydrogens is 466 g/mol. The van der Waals surface area contributed by atoms with Crippen molar-refractivity contribution < 1.29 is 4.79 Å². The first-order chi connectivity index (χ1) is 16.4. The zero-order valence-corrected chi connectivity index (χ0v) is 21.5. The number of nitrogens with one attached hydrogen (secondary N) is 1. The molecule has 1 amide bonds. The summed E-state index contributed by atoms with van der Waals surface area (Å²) < 4.78 is 1.53. The van der Waals surface area contributed by atoms with Crippen LogP contribution in [0.25, 0.3) is 10.2 Å². The average molecular weight is 496 g/mol. The average Bonchev–Trinajstić information content (AvgIpc) is 3.32. The van der Waals surface area contributed by atoms with Gasteiger partial charge in [0.05, 0.1) is 17.5 Å². The number of carbonyl (C=O) groups excluding carboxylic acids is 1. The van der Waals surface area contributed by atoms with Gasteiger partial charge in [-0.3, -0.25) is 14.2 Å². The molecule has 1 N–H and O–H groups in total. The van der Waals surface area contributed by atoms with Crippen LogP contribution < -0.4 is 10.9 Å². The lowest BCUT2D eigenvalue weighted by Crippen LogP contribution is -2.33. The maximum atomic E-state index is 13.7. The molecule has 0 radical (unpaired) electrons. The van der Waals surface area contributed by atoms with Crippen molar-refractivity contribution in [2.24, 2.45) is 5.92 Å². The van der Waals surface area contributed by atoms with Crippen molar-refractivity contribution in [2.45, 2.75) is 65.0 Å². The van der Waals surface area contributed by atoms with Crippen LogP contribution in [0.3, 0.4) is 0 Å². The Morgan fingerprint density at radius 3 is 2.76 bits per heavy atom. The van der Waals surface area contributed by atoms with Crippen molar-refractivity contribution in [2.75, 3.05) is 19.4 Å². The summed E-state index contributed by atoms with van der Waals surface area (Å²) in [6.07, 6.45) is 6.98. The van der Waals surface area contributed by atoms with Crippen LogP contribution in [0.5, 0.6) is 0 Å². The van der Waals surface area contributed by atoms with Crippen molar-refractivity contribution in [3.8, 4) is 6.07 Å². The number of nitriles is 1. The third-order valence-corrected chi connectivity index (χ3v) is 9.15. The Bertz CT molecular complexity index is 1370. The Morgan fingerprint density at radius 1 is 1.21 bits per heavy atom.